The Bertz CT molecular complexity index is 382. The summed E-state index contributed by atoms with van der Waals surface area (Å²) in [6.45, 7) is 3.89. The van der Waals surface area contributed by atoms with Crippen molar-refractivity contribution in [2.24, 2.45) is 17.3 Å². The van der Waals surface area contributed by atoms with E-state index in [-0.39, 0.29) is 35.6 Å². The summed E-state index contributed by atoms with van der Waals surface area (Å²) >= 11 is 3.11. The van der Waals surface area contributed by atoms with E-state index in [4.69, 9.17) is 0 Å². The molecule has 0 aromatic rings. The quantitative estimate of drug-likeness (QED) is 0.434. The molecule has 0 radical (unpaired) electrons. The first-order valence-corrected chi connectivity index (χ1v) is 6.31. The Morgan fingerprint density at radius 1 is 1.41 bits per heavy atom. The van der Waals surface area contributed by atoms with Gasteiger partial charge in [-0.05, 0) is 5.41 Å². The summed E-state index contributed by atoms with van der Waals surface area (Å²) in [4.78, 5) is 35.6. The van der Waals surface area contributed by atoms with Gasteiger partial charge in [0.05, 0.1) is 25.5 Å². The van der Waals surface area contributed by atoms with Crippen molar-refractivity contribution in [2.75, 3.05) is 13.7 Å². The average Bonchev–Trinajstić information content (AvgIpc) is 2.74. The number of rotatable bonds is 3. The van der Waals surface area contributed by atoms with Crippen LogP contribution in [0, 0.1) is 17.3 Å². The van der Waals surface area contributed by atoms with E-state index in [1.54, 1.807) is 0 Å². The predicted octanol–water partition coefficient (Wildman–Crippen LogP) is 0.564. The predicted molar refractivity (Wildman–Crippen MR) is 62.2 cm³/mol. The van der Waals surface area contributed by atoms with Crippen LogP contribution in [0.5, 0.6) is 0 Å². The van der Waals surface area contributed by atoms with E-state index in [0.717, 1.165) is 4.90 Å². The van der Waals surface area contributed by atoms with Gasteiger partial charge >= 0.3 is 5.97 Å². The van der Waals surface area contributed by atoms with Crippen molar-refractivity contribution in [3.05, 3.63) is 0 Å². The molecule has 2 rings (SSSR count). The number of fused-ring (bicyclic) bond motifs is 1. The summed E-state index contributed by atoms with van der Waals surface area (Å²) in [6.07, 6.45) is 0. The van der Waals surface area contributed by atoms with Crippen LogP contribution in [0.25, 0.3) is 0 Å². The van der Waals surface area contributed by atoms with Crippen molar-refractivity contribution in [1.29, 1.82) is 0 Å². The average molecular weight is 304 g/mol. The number of carbonyl (C=O) groups is 3. The third-order valence-electron chi connectivity index (χ3n) is 3.69. The fraction of sp³-hybridized carbons (Fsp3) is 0.727. The van der Waals surface area contributed by atoms with Crippen LogP contribution in [-0.2, 0) is 19.1 Å². The summed E-state index contributed by atoms with van der Waals surface area (Å²) in [5.41, 5.74) is -0.211. The minimum atomic E-state index is -0.652. The molecule has 2 amide bonds. The van der Waals surface area contributed by atoms with Crippen LogP contribution >= 0.6 is 15.9 Å². The number of hydrogen-bond donors (Lipinski definition) is 0. The van der Waals surface area contributed by atoms with E-state index in [9.17, 15) is 14.4 Å². The first-order valence-electron chi connectivity index (χ1n) is 5.39. The molecule has 0 aromatic carbocycles. The second kappa shape index (κ2) is 3.80. The third kappa shape index (κ3) is 1.69. The Labute approximate surface area is 108 Å². The van der Waals surface area contributed by atoms with E-state index in [0.29, 0.717) is 0 Å². The van der Waals surface area contributed by atoms with Gasteiger partial charge in [-0.15, -0.1) is 0 Å². The van der Waals surface area contributed by atoms with Gasteiger partial charge in [0.1, 0.15) is 4.83 Å². The first-order chi connectivity index (χ1) is 7.82. The summed E-state index contributed by atoms with van der Waals surface area (Å²) in [5.74, 6) is -1.22. The van der Waals surface area contributed by atoms with Crippen molar-refractivity contribution in [3.63, 3.8) is 0 Å². The number of carbonyl (C=O) groups excluding carboxylic acids is 3. The van der Waals surface area contributed by atoms with Gasteiger partial charge in [-0.3, -0.25) is 19.3 Å². The van der Waals surface area contributed by atoms with E-state index >= 15 is 0 Å². The maximum atomic E-state index is 12.0. The fourth-order valence-corrected chi connectivity index (χ4v) is 3.02. The number of halogens is 1. The van der Waals surface area contributed by atoms with Crippen molar-refractivity contribution >= 4 is 33.7 Å². The zero-order valence-electron chi connectivity index (χ0n) is 9.90. The van der Waals surface area contributed by atoms with Gasteiger partial charge < -0.3 is 4.74 Å². The largest absolute Gasteiger partial charge is 0.468 e. The van der Waals surface area contributed by atoms with E-state index in [1.807, 2.05) is 13.8 Å². The van der Waals surface area contributed by atoms with Crippen molar-refractivity contribution in [2.45, 2.75) is 18.7 Å². The van der Waals surface area contributed by atoms with Crippen molar-refractivity contribution < 1.29 is 19.1 Å². The number of ether oxygens (including phenoxy) is 1. The number of esters is 1. The second-order valence-electron chi connectivity index (χ2n) is 5.05. The zero-order chi connectivity index (χ0) is 13.0. The van der Waals surface area contributed by atoms with Crippen LogP contribution < -0.4 is 0 Å². The standard InChI is InChI=1S/C11H14BrNO4/c1-11(2)6-7(11)9(15)13(8(6)14)4-5(12)10(16)17-3/h5-7H,4H2,1-3H3. The molecule has 1 aliphatic heterocycles. The van der Waals surface area contributed by atoms with E-state index in [1.165, 1.54) is 7.11 Å². The number of piperidine rings is 1. The molecule has 6 heteroatoms. The topological polar surface area (TPSA) is 63.7 Å². The molecule has 5 nitrogen and oxygen atoms in total. The molecule has 2 aliphatic rings. The summed E-state index contributed by atoms with van der Waals surface area (Å²) in [5, 5.41) is 0. The van der Waals surface area contributed by atoms with E-state index < -0.39 is 10.8 Å². The van der Waals surface area contributed by atoms with Gasteiger partial charge in [-0.2, -0.15) is 0 Å². The fourth-order valence-electron chi connectivity index (χ4n) is 2.55. The lowest BCUT2D eigenvalue weighted by Crippen LogP contribution is -2.42. The first kappa shape index (κ1) is 12.5. The summed E-state index contributed by atoms with van der Waals surface area (Å²) < 4.78 is 4.54. The maximum Gasteiger partial charge on any atom is 0.321 e. The molecule has 17 heavy (non-hydrogen) atoms. The molecule has 3 unspecified atom stereocenters. The summed E-state index contributed by atoms with van der Waals surface area (Å²) in [7, 11) is 1.27. The smallest absolute Gasteiger partial charge is 0.321 e. The molecule has 2 fully saturated rings. The van der Waals surface area contributed by atoms with Crippen LogP contribution in [0.1, 0.15) is 13.8 Å². The molecule has 3 atom stereocenters. The molecular formula is C11H14BrNO4. The highest BCUT2D eigenvalue weighted by Crippen LogP contribution is 2.63. The zero-order valence-corrected chi connectivity index (χ0v) is 11.5. The number of likely N-dealkylation sites (tertiary alicyclic amines) is 1. The monoisotopic (exact) mass is 303 g/mol. The third-order valence-corrected chi connectivity index (χ3v) is 4.35. The number of imide groups is 1. The van der Waals surface area contributed by atoms with Gasteiger partial charge in [-0.25, -0.2) is 0 Å². The number of alkyl halides is 1. The van der Waals surface area contributed by atoms with Gasteiger partial charge in [-0.1, -0.05) is 29.8 Å². The molecule has 1 aliphatic carbocycles. The Morgan fingerprint density at radius 3 is 2.29 bits per heavy atom. The number of nitrogens with zero attached hydrogens (tertiary/aromatic N) is 1. The molecule has 0 spiro atoms. The van der Waals surface area contributed by atoms with Crippen molar-refractivity contribution in [3.8, 4) is 0 Å². The lowest BCUT2D eigenvalue weighted by Gasteiger charge is -2.21. The molecule has 1 heterocycles. The highest BCUT2D eigenvalue weighted by atomic mass is 79.9. The van der Waals surface area contributed by atoms with Crippen LogP contribution in [0.15, 0.2) is 0 Å². The molecule has 94 valence electrons. The lowest BCUT2D eigenvalue weighted by molar-refractivity contribution is -0.144. The van der Waals surface area contributed by atoms with Crippen molar-refractivity contribution in [1.82, 2.24) is 4.90 Å². The highest BCUT2D eigenvalue weighted by molar-refractivity contribution is 9.10. The molecular weight excluding hydrogens is 290 g/mol. The molecule has 1 saturated carbocycles. The summed E-state index contributed by atoms with van der Waals surface area (Å²) in [6, 6.07) is 0. The Morgan fingerprint density at radius 2 is 1.88 bits per heavy atom. The van der Waals surface area contributed by atoms with Crippen LogP contribution in [0.3, 0.4) is 0 Å². The lowest BCUT2D eigenvalue weighted by atomic mass is 10.1. The minimum Gasteiger partial charge on any atom is -0.468 e. The normalized spacial score (nSPS) is 31.2. The SMILES string of the molecule is COC(=O)C(Br)CN1C(=O)C2C(C1=O)C2(C)C. The minimum absolute atomic E-state index is 0.0490. The molecule has 0 aromatic heterocycles. The molecule has 0 N–H and O–H groups in total. The van der Waals surface area contributed by atoms with Crippen LogP contribution in [0.2, 0.25) is 0 Å². The van der Waals surface area contributed by atoms with Crippen LogP contribution in [-0.4, -0.2) is 41.2 Å². The van der Waals surface area contributed by atoms with E-state index in [2.05, 4.69) is 20.7 Å². The van der Waals surface area contributed by atoms with Crippen LogP contribution in [0.4, 0.5) is 0 Å². The van der Waals surface area contributed by atoms with Gasteiger partial charge in [0, 0.05) is 0 Å². The number of methoxy groups -OCH3 is 1. The van der Waals surface area contributed by atoms with Gasteiger partial charge in [0.15, 0.2) is 0 Å². The van der Waals surface area contributed by atoms with Gasteiger partial charge in [0.2, 0.25) is 11.8 Å². The Kier molecular flexibility index (Phi) is 2.80. The molecule has 1 saturated heterocycles. The Hall–Kier alpha value is -0.910. The molecule has 0 bridgehead atoms. The highest BCUT2D eigenvalue weighted by Gasteiger charge is 2.72. The Balaban J connectivity index is 2.04. The second-order valence-corrected chi connectivity index (χ2v) is 6.16. The maximum absolute atomic E-state index is 12.0. The number of hydrogen-bond acceptors (Lipinski definition) is 4. The number of amides is 2. The van der Waals surface area contributed by atoms with Gasteiger partial charge in [0.25, 0.3) is 0 Å².